The highest BCUT2D eigenvalue weighted by molar-refractivity contribution is 5.29. The Morgan fingerprint density at radius 2 is 2.16 bits per heavy atom. The molecule has 1 saturated carbocycles. The second-order valence-corrected chi connectivity index (χ2v) is 6.14. The van der Waals surface area contributed by atoms with Gasteiger partial charge in [-0.15, -0.1) is 0 Å². The van der Waals surface area contributed by atoms with Crippen molar-refractivity contribution in [2.45, 2.75) is 57.2 Å². The highest BCUT2D eigenvalue weighted by atomic mass is 16.5. The molecule has 0 aromatic heterocycles. The third kappa shape index (κ3) is 2.44. The second kappa shape index (κ2) is 5.26. The molecule has 1 aromatic carbocycles. The van der Waals surface area contributed by atoms with Gasteiger partial charge in [-0.3, -0.25) is 0 Å². The summed E-state index contributed by atoms with van der Waals surface area (Å²) in [5.41, 5.74) is 2.53. The molecule has 19 heavy (non-hydrogen) atoms. The van der Waals surface area contributed by atoms with E-state index in [1.54, 1.807) is 0 Å². The van der Waals surface area contributed by atoms with Gasteiger partial charge in [0.1, 0.15) is 0 Å². The molecular formula is C17H24O2. The monoisotopic (exact) mass is 260 g/mol. The molecule has 1 heterocycles. The normalized spacial score (nSPS) is 26.9. The predicted molar refractivity (Wildman–Crippen MR) is 76.0 cm³/mol. The first kappa shape index (κ1) is 13.1. The van der Waals surface area contributed by atoms with Crippen LogP contribution in [0.25, 0.3) is 0 Å². The first-order chi connectivity index (χ1) is 9.24. The Kier molecular flexibility index (Phi) is 3.64. The van der Waals surface area contributed by atoms with Crippen molar-refractivity contribution in [3.63, 3.8) is 0 Å². The van der Waals surface area contributed by atoms with Gasteiger partial charge in [0.05, 0.1) is 11.7 Å². The first-order valence-electron chi connectivity index (χ1n) is 7.64. The molecular weight excluding hydrogens is 236 g/mol. The molecule has 0 amide bonds. The fraction of sp³-hybridized carbons (Fsp3) is 0.647. The lowest BCUT2D eigenvalue weighted by molar-refractivity contribution is -0.157. The number of benzene rings is 1. The largest absolute Gasteiger partial charge is 0.388 e. The fourth-order valence-corrected chi connectivity index (χ4v) is 3.65. The van der Waals surface area contributed by atoms with E-state index in [1.807, 2.05) is 6.07 Å². The molecule has 0 bridgehead atoms. The number of hydrogen-bond acceptors (Lipinski definition) is 2. The maximum absolute atomic E-state index is 10.8. The van der Waals surface area contributed by atoms with Crippen LogP contribution in [0.3, 0.4) is 0 Å². The zero-order chi connectivity index (χ0) is 13.3. The zero-order valence-electron chi connectivity index (χ0n) is 11.8. The van der Waals surface area contributed by atoms with E-state index in [1.165, 1.54) is 24.8 Å². The van der Waals surface area contributed by atoms with Crippen LogP contribution in [0.15, 0.2) is 24.3 Å². The Morgan fingerprint density at radius 1 is 1.37 bits per heavy atom. The molecule has 1 aliphatic heterocycles. The summed E-state index contributed by atoms with van der Waals surface area (Å²) in [6.45, 7) is 2.97. The lowest BCUT2D eigenvalue weighted by Crippen LogP contribution is -2.46. The van der Waals surface area contributed by atoms with Crippen LogP contribution >= 0.6 is 0 Å². The Labute approximate surface area is 115 Å². The van der Waals surface area contributed by atoms with Gasteiger partial charge < -0.3 is 9.84 Å². The lowest BCUT2D eigenvalue weighted by atomic mass is 9.70. The van der Waals surface area contributed by atoms with Gasteiger partial charge >= 0.3 is 0 Å². The summed E-state index contributed by atoms with van der Waals surface area (Å²) in [4.78, 5) is 0. The van der Waals surface area contributed by atoms with Crippen LogP contribution in [0.5, 0.6) is 0 Å². The zero-order valence-corrected chi connectivity index (χ0v) is 11.8. The molecule has 3 rings (SSSR count). The van der Waals surface area contributed by atoms with Crippen LogP contribution in [-0.2, 0) is 11.2 Å². The Morgan fingerprint density at radius 3 is 2.84 bits per heavy atom. The number of rotatable bonds is 3. The van der Waals surface area contributed by atoms with E-state index in [0.717, 1.165) is 31.4 Å². The summed E-state index contributed by atoms with van der Waals surface area (Å²) in [6.07, 6.45) is 6.35. The van der Waals surface area contributed by atoms with Gasteiger partial charge in [-0.25, -0.2) is 0 Å². The van der Waals surface area contributed by atoms with Crippen molar-refractivity contribution in [2.75, 3.05) is 6.61 Å². The average molecular weight is 260 g/mol. The topological polar surface area (TPSA) is 29.5 Å². The minimum absolute atomic E-state index is 0.116. The minimum atomic E-state index is -0.322. The fourth-order valence-electron chi connectivity index (χ4n) is 3.65. The van der Waals surface area contributed by atoms with Crippen LogP contribution in [0.4, 0.5) is 0 Å². The summed E-state index contributed by atoms with van der Waals surface area (Å²) in [6, 6.07) is 8.33. The molecule has 104 valence electrons. The summed E-state index contributed by atoms with van der Waals surface area (Å²) >= 11 is 0. The average Bonchev–Trinajstić information content (AvgIpc) is 2.45. The first-order valence-corrected chi connectivity index (χ1v) is 7.64. The summed E-state index contributed by atoms with van der Waals surface area (Å²) in [5.74, 6) is 0.363. The number of aliphatic hydroxyl groups is 1. The van der Waals surface area contributed by atoms with Crippen molar-refractivity contribution in [1.29, 1.82) is 0 Å². The quantitative estimate of drug-likeness (QED) is 0.899. The van der Waals surface area contributed by atoms with Crippen molar-refractivity contribution in [2.24, 2.45) is 5.92 Å². The molecule has 1 aliphatic carbocycles. The van der Waals surface area contributed by atoms with Crippen molar-refractivity contribution in [1.82, 2.24) is 0 Å². The van der Waals surface area contributed by atoms with E-state index in [2.05, 4.69) is 25.1 Å². The van der Waals surface area contributed by atoms with Crippen molar-refractivity contribution in [3.05, 3.63) is 35.4 Å². The van der Waals surface area contributed by atoms with E-state index in [-0.39, 0.29) is 11.7 Å². The van der Waals surface area contributed by atoms with Crippen LogP contribution in [0.2, 0.25) is 0 Å². The number of hydrogen-bond donors (Lipinski definition) is 1. The molecule has 2 atom stereocenters. The SMILES string of the molecule is CCc1ccccc1C(O)C1CCOC2(CCC2)C1. The minimum Gasteiger partial charge on any atom is -0.388 e. The third-order valence-electron chi connectivity index (χ3n) is 5.00. The van der Waals surface area contributed by atoms with Crippen LogP contribution < -0.4 is 0 Å². The molecule has 2 unspecified atom stereocenters. The lowest BCUT2D eigenvalue weighted by Gasteiger charge is -2.48. The van der Waals surface area contributed by atoms with Gasteiger partial charge in [0, 0.05) is 6.61 Å². The standard InChI is InChI=1S/C17H24O2/c1-2-13-6-3-4-7-15(13)16(18)14-8-11-19-17(12-14)9-5-10-17/h3-4,6-7,14,16,18H,2,5,8-12H2,1H3. The molecule has 1 aromatic rings. The number of aryl methyl sites for hydroxylation is 1. The van der Waals surface area contributed by atoms with Crippen molar-refractivity contribution in [3.8, 4) is 0 Å². The van der Waals surface area contributed by atoms with Crippen LogP contribution in [0, 0.1) is 5.92 Å². The Hall–Kier alpha value is -0.860. The van der Waals surface area contributed by atoms with Gasteiger partial charge in [-0.1, -0.05) is 31.2 Å². The highest BCUT2D eigenvalue weighted by Crippen LogP contribution is 2.47. The van der Waals surface area contributed by atoms with E-state index in [0.29, 0.717) is 5.92 Å². The Balaban J connectivity index is 1.77. The van der Waals surface area contributed by atoms with Gasteiger partial charge in [0.15, 0.2) is 0 Å². The molecule has 2 aliphatic rings. The highest BCUT2D eigenvalue weighted by Gasteiger charge is 2.44. The molecule has 0 radical (unpaired) electrons. The molecule has 1 saturated heterocycles. The van der Waals surface area contributed by atoms with Gasteiger partial charge in [0.25, 0.3) is 0 Å². The van der Waals surface area contributed by atoms with Gasteiger partial charge in [-0.2, -0.15) is 0 Å². The number of aliphatic hydroxyl groups excluding tert-OH is 1. The van der Waals surface area contributed by atoms with Gasteiger partial charge in [0.2, 0.25) is 0 Å². The summed E-state index contributed by atoms with van der Waals surface area (Å²) < 4.78 is 5.96. The van der Waals surface area contributed by atoms with E-state index < -0.39 is 0 Å². The second-order valence-electron chi connectivity index (χ2n) is 6.14. The third-order valence-corrected chi connectivity index (χ3v) is 5.00. The summed E-state index contributed by atoms with van der Waals surface area (Å²) in [5, 5.41) is 10.8. The molecule has 1 spiro atoms. The van der Waals surface area contributed by atoms with Crippen molar-refractivity contribution < 1.29 is 9.84 Å². The maximum atomic E-state index is 10.8. The molecule has 1 N–H and O–H groups in total. The Bertz CT molecular complexity index is 437. The van der Waals surface area contributed by atoms with E-state index in [9.17, 15) is 5.11 Å². The number of ether oxygens (including phenoxy) is 1. The maximum Gasteiger partial charge on any atom is 0.0822 e. The summed E-state index contributed by atoms with van der Waals surface area (Å²) in [7, 11) is 0. The van der Waals surface area contributed by atoms with Crippen LogP contribution in [0.1, 0.15) is 56.3 Å². The molecule has 2 heteroatoms. The van der Waals surface area contributed by atoms with E-state index in [4.69, 9.17) is 4.74 Å². The van der Waals surface area contributed by atoms with Crippen molar-refractivity contribution >= 4 is 0 Å². The molecule has 2 fully saturated rings. The van der Waals surface area contributed by atoms with Gasteiger partial charge in [-0.05, 0) is 55.6 Å². The smallest absolute Gasteiger partial charge is 0.0822 e. The molecule has 2 nitrogen and oxygen atoms in total. The van der Waals surface area contributed by atoms with E-state index >= 15 is 0 Å². The van der Waals surface area contributed by atoms with Crippen LogP contribution in [-0.4, -0.2) is 17.3 Å². The predicted octanol–water partition coefficient (Wildman–Crippen LogP) is 3.63.